The lowest BCUT2D eigenvalue weighted by molar-refractivity contribution is 0.0351. The molecule has 0 rings (SSSR count). The van der Waals surface area contributed by atoms with Crippen molar-refractivity contribution in [2.45, 2.75) is 13.0 Å². The molecule has 54 valence electrons. The third-order valence-electron chi connectivity index (χ3n) is 0.609. The fourth-order valence-corrected chi connectivity index (χ4v) is 0.248. The van der Waals surface area contributed by atoms with Gasteiger partial charge in [-0.2, -0.15) is 0 Å². The zero-order valence-corrected chi connectivity index (χ0v) is 5.46. The number of carbonyl (C=O) groups excluding carboxylic acids is 1. The van der Waals surface area contributed by atoms with Gasteiger partial charge in [0, 0.05) is 0 Å². The minimum atomic E-state index is -0.768. The first-order chi connectivity index (χ1) is 4.16. The Kier molecular flexibility index (Phi) is 3.79. The number of rotatable bonds is 2. The molecule has 0 spiro atoms. The summed E-state index contributed by atoms with van der Waals surface area (Å²) < 4.78 is 8.47. The summed E-state index contributed by atoms with van der Waals surface area (Å²) in [6, 6.07) is 0. The fraction of sp³-hybridized carbons (Fsp3) is 0.800. The summed E-state index contributed by atoms with van der Waals surface area (Å²) in [5.41, 5.74) is 0. The van der Waals surface area contributed by atoms with Crippen LogP contribution in [0.1, 0.15) is 6.92 Å². The van der Waals surface area contributed by atoms with Crippen LogP contribution in [0.3, 0.4) is 0 Å². The Labute approximate surface area is 53.4 Å². The highest BCUT2D eigenvalue weighted by molar-refractivity contribution is 5.59. The highest BCUT2D eigenvalue weighted by atomic mass is 16.7. The van der Waals surface area contributed by atoms with Crippen molar-refractivity contribution in [3.05, 3.63) is 0 Å². The monoisotopic (exact) mass is 134 g/mol. The predicted octanol–water partition coefficient (Wildman–Crippen LogP) is 0.150. The predicted molar refractivity (Wildman–Crippen MR) is 30.0 cm³/mol. The molecule has 0 amide bonds. The van der Waals surface area contributed by atoms with Gasteiger partial charge in [-0.05, 0) is 6.92 Å². The summed E-state index contributed by atoms with van der Waals surface area (Å²) in [5, 5.41) is 8.56. The van der Waals surface area contributed by atoms with E-state index in [0.29, 0.717) is 0 Å². The number of aliphatic hydroxyl groups is 1. The first-order valence-electron chi connectivity index (χ1n) is 2.55. The number of aliphatic hydroxyl groups excluding tert-OH is 1. The minimum Gasteiger partial charge on any atom is -0.438 e. The molecule has 4 nitrogen and oxygen atoms in total. The van der Waals surface area contributed by atoms with Gasteiger partial charge in [0.25, 0.3) is 0 Å². The molecule has 9 heavy (non-hydrogen) atoms. The van der Waals surface area contributed by atoms with Crippen molar-refractivity contribution in [3.8, 4) is 0 Å². The van der Waals surface area contributed by atoms with Crippen molar-refractivity contribution in [2.24, 2.45) is 0 Å². The van der Waals surface area contributed by atoms with E-state index in [1.165, 1.54) is 14.0 Å². The Morgan fingerprint density at radius 3 is 2.67 bits per heavy atom. The van der Waals surface area contributed by atoms with Gasteiger partial charge in [0.05, 0.1) is 13.2 Å². The van der Waals surface area contributed by atoms with Crippen molar-refractivity contribution in [2.75, 3.05) is 13.7 Å². The lowest BCUT2D eigenvalue weighted by atomic mass is 10.5. The third kappa shape index (κ3) is 5.10. The summed E-state index contributed by atoms with van der Waals surface area (Å²) in [6.45, 7) is 1.50. The first kappa shape index (κ1) is 8.23. The quantitative estimate of drug-likeness (QED) is 0.546. The van der Waals surface area contributed by atoms with E-state index >= 15 is 0 Å². The van der Waals surface area contributed by atoms with E-state index in [1.807, 2.05) is 0 Å². The number of ether oxygens (including phenoxy) is 2. The third-order valence-corrected chi connectivity index (χ3v) is 0.609. The van der Waals surface area contributed by atoms with Gasteiger partial charge in [-0.25, -0.2) is 4.79 Å². The topological polar surface area (TPSA) is 55.8 Å². The fourth-order valence-electron chi connectivity index (χ4n) is 0.248. The van der Waals surface area contributed by atoms with Gasteiger partial charge in [0.15, 0.2) is 0 Å². The number of hydrogen-bond acceptors (Lipinski definition) is 4. The molecule has 0 aliphatic carbocycles. The summed E-state index contributed by atoms with van der Waals surface area (Å²) in [4.78, 5) is 10.2. The minimum absolute atomic E-state index is 0.0212. The smallest absolute Gasteiger partial charge is 0.438 e. The Balaban J connectivity index is 3.17. The van der Waals surface area contributed by atoms with Crippen LogP contribution in [0.5, 0.6) is 0 Å². The Bertz CT molecular complexity index is 89.0. The molecule has 1 unspecified atom stereocenters. The molecule has 0 saturated carbocycles. The molecule has 0 fully saturated rings. The van der Waals surface area contributed by atoms with Crippen LogP contribution >= 0.6 is 0 Å². The molecule has 0 bridgehead atoms. The SMILES string of the molecule is COC(=O)OCC(C)O. The number of methoxy groups -OCH3 is 1. The standard InChI is InChI=1S/C5H10O4/c1-4(6)3-9-5(7)8-2/h4,6H,3H2,1-2H3. The van der Waals surface area contributed by atoms with E-state index in [0.717, 1.165) is 0 Å². The lowest BCUT2D eigenvalue weighted by Crippen LogP contribution is -2.14. The molecule has 1 N–H and O–H groups in total. The van der Waals surface area contributed by atoms with E-state index in [2.05, 4.69) is 9.47 Å². The molecule has 0 aliphatic rings. The molecule has 0 aromatic rings. The van der Waals surface area contributed by atoms with Crippen molar-refractivity contribution < 1.29 is 19.4 Å². The zero-order chi connectivity index (χ0) is 7.28. The van der Waals surface area contributed by atoms with Crippen LogP contribution in [0.4, 0.5) is 4.79 Å². The van der Waals surface area contributed by atoms with Gasteiger partial charge < -0.3 is 14.6 Å². The molecular formula is C5H10O4. The molecule has 0 radical (unpaired) electrons. The molecule has 0 aromatic heterocycles. The van der Waals surface area contributed by atoms with Crippen LogP contribution in [-0.4, -0.2) is 31.1 Å². The Morgan fingerprint density at radius 1 is 1.78 bits per heavy atom. The van der Waals surface area contributed by atoms with E-state index < -0.39 is 12.3 Å². The summed E-state index contributed by atoms with van der Waals surface area (Å²) in [7, 11) is 1.21. The summed E-state index contributed by atoms with van der Waals surface area (Å²) in [6.07, 6.45) is -1.40. The van der Waals surface area contributed by atoms with Crippen molar-refractivity contribution in [3.63, 3.8) is 0 Å². The molecule has 1 atom stereocenters. The van der Waals surface area contributed by atoms with Crippen LogP contribution < -0.4 is 0 Å². The van der Waals surface area contributed by atoms with Gasteiger partial charge in [-0.1, -0.05) is 0 Å². The second kappa shape index (κ2) is 4.14. The maximum absolute atomic E-state index is 10.2. The van der Waals surface area contributed by atoms with Crippen molar-refractivity contribution >= 4 is 6.16 Å². The van der Waals surface area contributed by atoms with Gasteiger partial charge in [-0.3, -0.25) is 0 Å². The number of carbonyl (C=O) groups is 1. The van der Waals surface area contributed by atoms with Gasteiger partial charge >= 0.3 is 6.16 Å². The molecular weight excluding hydrogens is 124 g/mol. The van der Waals surface area contributed by atoms with Crippen LogP contribution in [0, 0.1) is 0 Å². The first-order valence-corrected chi connectivity index (χ1v) is 2.55. The molecule has 0 aromatic carbocycles. The van der Waals surface area contributed by atoms with Gasteiger partial charge in [-0.15, -0.1) is 0 Å². The average molecular weight is 134 g/mol. The Hall–Kier alpha value is -0.770. The molecule has 0 aliphatic heterocycles. The molecule has 0 saturated heterocycles. The van der Waals surface area contributed by atoms with E-state index in [-0.39, 0.29) is 6.61 Å². The van der Waals surface area contributed by atoms with Crippen molar-refractivity contribution in [1.29, 1.82) is 0 Å². The van der Waals surface area contributed by atoms with E-state index in [9.17, 15) is 4.79 Å². The lowest BCUT2D eigenvalue weighted by Gasteiger charge is -2.03. The maximum Gasteiger partial charge on any atom is 0.508 e. The van der Waals surface area contributed by atoms with E-state index in [4.69, 9.17) is 5.11 Å². The second-order valence-electron chi connectivity index (χ2n) is 1.61. The van der Waals surface area contributed by atoms with Crippen LogP contribution in [0.15, 0.2) is 0 Å². The molecule has 4 heteroatoms. The van der Waals surface area contributed by atoms with Crippen LogP contribution in [0.25, 0.3) is 0 Å². The van der Waals surface area contributed by atoms with Crippen molar-refractivity contribution in [1.82, 2.24) is 0 Å². The highest BCUT2D eigenvalue weighted by Gasteiger charge is 2.01. The largest absolute Gasteiger partial charge is 0.508 e. The second-order valence-corrected chi connectivity index (χ2v) is 1.61. The van der Waals surface area contributed by atoms with Gasteiger partial charge in [0.1, 0.15) is 6.61 Å². The van der Waals surface area contributed by atoms with E-state index in [1.54, 1.807) is 0 Å². The van der Waals surface area contributed by atoms with Crippen LogP contribution in [0.2, 0.25) is 0 Å². The highest BCUT2D eigenvalue weighted by Crippen LogP contribution is 1.85. The normalized spacial score (nSPS) is 12.3. The number of hydrogen-bond donors (Lipinski definition) is 1. The summed E-state index contributed by atoms with van der Waals surface area (Å²) >= 11 is 0. The van der Waals surface area contributed by atoms with Gasteiger partial charge in [0.2, 0.25) is 0 Å². The van der Waals surface area contributed by atoms with Crippen LogP contribution in [-0.2, 0) is 9.47 Å². The summed E-state index contributed by atoms with van der Waals surface area (Å²) in [5.74, 6) is 0. The molecule has 0 heterocycles. The Morgan fingerprint density at radius 2 is 2.33 bits per heavy atom. The zero-order valence-electron chi connectivity index (χ0n) is 5.46. The average Bonchev–Trinajstić information content (AvgIpc) is 1.83. The maximum atomic E-state index is 10.2.